The largest absolute Gasteiger partial charge is 0 e. The average molecular weight is 311 g/mol. The van der Waals surface area contributed by atoms with Gasteiger partial charge in [-0.1, -0.05) is 0 Å². The van der Waals surface area contributed by atoms with E-state index in [0.717, 1.165) is 0 Å². The maximum Gasteiger partial charge on any atom is 0 e. The summed E-state index contributed by atoms with van der Waals surface area (Å²) in [6, 6.07) is 0. The second kappa shape index (κ2) is 21.7. The molecule has 0 heterocycles. The molecule has 0 saturated carbocycles. The number of hydrogen-bond donors (Lipinski definition) is 0. The second-order valence-electron chi connectivity index (χ2n) is 0. The van der Waals surface area contributed by atoms with E-state index in [9.17, 15) is 0 Å². The Bertz CT molecular complexity index is 8.00. The molecule has 0 fully saturated rings. The summed E-state index contributed by atoms with van der Waals surface area (Å²) in [5.74, 6) is 0. The smallest absolute Gasteiger partial charge is 0 e. The van der Waals surface area contributed by atoms with Crippen LogP contribution in [0.3, 0.4) is 0 Å². The van der Waals surface area contributed by atoms with Crippen molar-refractivity contribution in [3.8, 4) is 0 Å². The summed E-state index contributed by atoms with van der Waals surface area (Å²) >= 11 is 3.88. The molecule has 0 amide bonds. The molecule has 4 heteroatoms. The Hall–Kier alpha value is 1.77. The summed E-state index contributed by atoms with van der Waals surface area (Å²) in [7, 11) is 0. The number of hydrogen-bond acceptors (Lipinski definition) is 0. The van der Waals surface area contributed by atoms with Crippen molar-refractivity contribution < 1.29 is 53.4 Å². The van der Waals surface area contributed by atoms with E-state index in [2.05, 4.69) is 15.3 Å². The van der Waals surface area contributed by atoms with Gasteiger partial charge in [-0.25, -0.2) is 0 Å². The van der Waals surface area contributed by atoms with Crippen molar-refractivity contribution >= 4 is 6.74 Å². The SMILES string of the molecule is [BH2][Ni].[Fe].[W]. The van der Waals surface area contributed by atoms with Gasteiger partial charge in [0.2, 0.25) is 0 Å². The summed E-state index contributed by atoms with van der Waals surface area (Å²) in [4.78, 5) is 0. The standard InChI is InChI=1S/BH2.Fe.Ni.W/h1H2;;;/q+1;;-1;. The summed E-state index contributed by atoms with van der Waals surface area (Å²) in [6.45, 7) is 1.62. The van der Waals surface area contributed by atoms with Crippen LogP contribution in [-0.2, 0) is 53.4 Å². The first-order valence-corrected chi connectivity index (χ1v) is 1.30. The van der Waals surface area contributed by atoms with Crippen LogP contribution < -0.4 is 0 Å². The second-order valence-corrected chi connectivity index (χ2v) is 0. The van der Waals surface area contributed by atoms with Crippen LogP contribution in [0.4, 0.5) is 0 Å². The zero-order valence-corrected chi connectivity index (χ0v) is 7.10. The first-order chi connectivity index (χ1) is 1.00. The molecular formula is H2BFeNiW. The Labute approximate surface area is 59.8 Å². The van der Waals surface area contributed by atoms with Gasteiger partial charge in [-0.15, -0.1) is 0 Å². The molecule has 0 N–H and O–H groups in total. The maximum atomic E-state index is 3.88. The van der Waals surface area contributed by atoms with Crippen molar-refractivity contribution in [2.24, 2.45) is 0 Å². The van der Waals surface area contributed by atoms with E-state index in [-0.39, 0.29) is 38.1 Å². The van der Waals surface area contributed by atoms with Gasteiger partial charge in [-0.2, -0.15) is 0 Å². The number of rotatable bonds is 0. The van der Waals surface area contributed by atoms with E-state index in [1.165, 1.54) is 0 Å². The zero-order chi connectivity index (χ0) is 2.00. The summed E-state index contributed by atoms with van der Waals surface area (Å²) < 4.78 is 0. The van der Waals surface area contributed by atoms with Gasteiger partial charge in [0.15, 0.2) is 0 Å². The van der Waals surface area contributed by atoms with Crippen molar-refractivity contribution in [2.45, 2.75) is 0 Å². The van der Waals surface area contributed by atoms with Crippen LogP contribution in [0.1, 0.15) is 0 Å². The predicted molar refractivity (Wildman–Crippen MR) is 8.54 cm³/mol. The molecule has 0 aliphatic heterocycles. The molecule has 0 atom stereocenters. The molecule has 4 heavy (non-hydrogen) atoms. The Balaban J connectivity index is -0.00000000500. The monoisotopic (exact) mass is 311 g/mol. The van der Waals surface area contributed by atoms with Crippen LogP contribution in [0.25, 0.3) is 0 Å². The Kier molecular flexibility index (Phi) is 92.7. The molecule has 29 valence electrons. The minimum atomic E-state index is 0. The van der Waals surface area contributed by atoms with Crippen LogP contribution in [0.15, 0.2) is 0 Å². The average Bonchev–Trinajstić information content (AvgIpc) is 1.00. The van der Waals surface area contributed by atoms with Gasteiger partial charge >= 0.3 is 22.0 Å². The minimum Gasteiger partial charge on any atom is 0 e. The molecule has 0 aromatic heterocycles. The molecule has 0 spiro atoms. The fourth-order valence-corrected chi connectivity index (χ4v) is 0. The zero-order valence-electron chi connectivity index (χ0n) is 2.08. The molecule has 0 rings (SSSR count). The summed E-state index contributed by atoms with van der Waals surface area (Å²) in [6.07, 6.45) is 0. The van der Waals surface area contributed by atoms with Gasteiger partial charge in [0.05, 0.1) is 0 Å². The van der Waals surface area contributed by atoms with Crippen LogP contribution in [0.5, 0.6) is 0 Å². The fourth-order valence-electron chi connectivity index (χ4n) is 0. The maximum absolute atomic E-state index is 3.88. The van der Waals surface area contributed by atoms with Crippen LogP contribution in [-0.4, -0.2) is 6.74 Å². The molecule has 0 bridgehead atoms. The van der Waals surface area contributed by atoms with Gasteiger partial charge in [0.25, 0.3) is 0 Å². The Morgan fingerprint density at radius 2 is 1.25 bits per heavy atom. The fraction of sp³-hybridized carbons (Fsp3) is 0. The van der Waals surface area contributed by atoms with Crippen LogP contribution >= 0.6 is 0 Å². The van der Waals surface area contributed by atoms with Crippen molar-refractivity contribution in [2.75, 3.05) is 0 Å². The van der Waals surface area contributed by atoms with Crippen molar-refractivity contribution in [1.29, 1.82) is 0 Å². The molecule has 0 aliphatic carbocycles. The van der Waals surface area contributed by atoms with Crippen LogP contribution in [0.2, 0.25) is 0 Å². The normalized spacial score (nSPS) is 1.50. The van der Waals surface area contributed by atoms with Gasteiger partial charge in [0.1, 0.15) is 0 Å². The van der Waals surface area contributed by atoms with E-state index < -0.39 is 0 Å². The molecule has 0 aliphatic rings. The quantitative estimate of drug-likeness (QED) is 0.508. The van der Waals surface area contributed by atoms with Crippen molar-refractivity contribution in [1.82, 2.24) is 0 Å². The van der Waals surface area contributed by atoms with E-state index in [1.807, 2.05) is 0 Å². The first kappa shape index (κ1) is 17.1. The third-order valence-electron chi connectivity index (χ3n) is 0. The molecule has 0 unspecified atom stereocenters. The van der Waals surface area contributed by atoms with E-state index in [1.54, 1.807) is 6.74 Å². The van der Waals surface area contributed by atoms with Gasteiger partial charge in [-0.05, 0) is 0 Å². The molecule has 0 aromatic carbocycles. The van der Waals surface area contributed by atoms with E-state index in [0.29, 0.717) is 0 Å². The van der Waals surface area contributed by atoms with Crippen molar-refractivity contribution in [3.05, 3.63) is 0 Å². The van der Waals surface area contributed by atoms with E-state index in [4.69, 9.17) is 0 Å². The Morgan fingerprint density at radius 1 is 1.25 bits per heavy atom. The molecule has 0 nitrogen and oxygen atoms in total. The third-order valence-corrected chi connectivity index (χ3v) is 0. The van der Waals surface area contributed by atoms with Gasteiger partial charge in [-0.3, -0.25) is 0 Å². The predicted octanol–water partition coefficient (Wildman–Crippen LogP) is -0.924. The first-order valence-electron chi connectivity index (χ1n) is 0.316. The minimum absolute atomic E-state index is 0. The van der Waals surface area contributed by atoms with Crippen molar-refractivity contribution in [3.63, 3.8) is 0 Å². The van der Waals surface area contributed by atoms with Gasteiger partial charge in [0, 0.05) is 38.1 Å². The molecular weight excluding hydrogens is 309 g/mol. The Morgan fingerprint density at radius 3 is 1.25 bits per heavy atom. The van der Waals surface area contributed by atoms with Gasteiger partial charge < -0.3 is 0 Å². The van der Waals surface area contributed by atoms with Crippen LogP contribution in [0, 0.1) is 0 Å². The van der Waals surface area contributed by atoms with E-state index >= 15 is 0 Å². The molecule has 0 saturated heterocycles. The molecule has 0 radical (unpaired) electrons. The third kappa shape index (κ3) is 9.24. The summed E-state index contributed by atoms with van der Waals surface area (Å²) in [5.41, 5.74) is 0. The summed E-state index contributed by atoms with van der Waals surface area (Å²) in [5, 5.41) is 0. The molecule has 0 aromatic rings. The topological polar surface area (TPSA) is 0 Å².